The maximum atomic E-state index is 13.7. The molecule has 3 amide bonds. The molecule has 0 bridgehead atoms. The number of halogens is 1. The number of aliphatic hydroxyl groups is 1. The summed E-state index contributed by atoms with van der Waals surface area (Å²) in [6.07, 6.45) is 2.79. The highest BCUT2D eigenvalue weighted by Gasteiger charge is 2.32. The van der Waals surface area contributed by atoms with Gasteiger partial charge in [-0.15, -0.1) is 0 Å². The molecule has 0 spiro atoms. The zero-order valence-electron chi connectivity index (χ0n) is 16.9. The number of ether oxygens (including phenoxy) is 2. The molecule has 3 rings (SSSR count). The molecule has 0 unspecified atom stereocenters. The Kier molecular flexibility index (Phi) is 8.41. The first-order valence-electron chi connectivity index (χ1n) is 10.5. The fourth-order valence-electron chi connectivity index (χ4n) is 3.86. The van der Waals surface area contributed by atoms with Crippen LogP contribution >= 0.6 is 0 Å². The van der Waals surface area contributed by atoms with Crippen LogP contribution in [0.5, 0.6) is 0 Å². The number of hydrogen-bond acceptors (Lipinski definition) is 5. The minimum atomic E-state index is -0.554. The molecule has 4 N–H and O–H groups in total. The summed E-state index contributed by atoms with van der Waals surface area (Å²) >= 11 is 0. The molecule has 2 fully saturated rings. The molecule has 2 aliphatic rings. The largest absolute Gasteiger partial charge is 0.394 e. The zero-order chi connectivity index (χ0) is 21.3. The number of para-hydroxylation sites is 1. The predicted octanol–water partition coefficient (Wildman–Crippen LogP) is 1.79. The Morgan fingerprint density at radius 2 is 1.90 bits per heavy atom. The molecule has 0 aliphatic carbocycles. The van der Waals surface area contributed by atoms with Crippen molar-refractivity contribution in [2.45, 2.75) is 50.4 Å². The molecule has 8 nitrogen and oxygen atoms in total. The van der Waals surface area contributed by atoms with Crippen LogP contribution in [0.1, 0.15) is 32.1 Å². The zero-order valence-corrected chi connectivity index (χ0v) is 16.9. The van der Waals surface area contributed by atoms with Crippen molar-refractivity contribution in [3.05, 3.63) is 30.1 Å². The van der Waals surface area contributed by atoms with Gasteiger partial charge in [-0.25, -0.2) is 9.18 Å². The maximum absolute atomic E-state index is 13.7. The lowest BCUT2D eigenvalue weighted by Crippen LogP contribution is -2.52. The second kappa shape index (κ2) is 11.2. The standard InChI is InChI=1S/C21H30FN3O5/c22-16-3-1-2-4-17(16)24-21(28)25-18-6-5-15(30-19(18)13-26)7-10-23-20(27)14-8-11-29-12-9-14/h1-4,14-15,18-19,26H,5-13H2,(H,23,27)(H2,24,25,28)/t15-,18-,19+/m1/s1. The Labute approximate surface area is 175 Å². The number of anilines is 1. The van der Waals surface area contributed by atoms with Gasteiger partial charge in [0.25, 0.3) is 0 Å². The molecule has 0 radical (unpaired) electrons. The van der Waals surface area contributed by atoms with Gasteiger partial charge in [-0.2, -0.15) is 0 Å². The molecule has 2 aliphatic heterocycles. The maximum Gasteiger partial charge on any atom is 0.319 e. The van der Waals surface area contributed by atoms with E-state index in [4.69, 9.17) is 9.47 Å². The highest BCUT2D eigenvalue weighted by Crippen LogP contribution is 2.22. The van der Waals surface area contributed by atoms with Gasteiger partial charge in [-0.05, 0) is 44.2 Å². The van der Waals surface area contributed by atoms with E-state index in [0.29, 0.717) is 39.0 Å². The van der Waals surface area contributed by atoms with Gasteiger partial charge in [0.15, 0.2) is 0 Å². The van der Waals surface area contributed by atoms with Crippen molar-refractivity contribution in [3.8, 4) is 0 Å². The molecule has 3 atom stereocenters. The van der Waals surface area contributed by atoms with Gasteiger partial charge in [0.2, 0.25) is 5.91 Å². The molecule has 2 heterocycles. The minimum Gasteiger partial charge on any atom is -0.394 e. The predicted molar refractivity (Wildman–Crippen MR) is 108 cm³/mol. The van der Waals surface area contributed by atoms with Gasteiger partial charge >= 0.3 is 6.03 Å². The molecule has 166 valence electrons. The van der Waals surface area contributed by atoms with Crippen molar-refractivity contribution in [1.29, 1.82) is 0 Å². The Balaban J connectivity index is 1.40. The van der Waals surface area contributed by atoms with E-state index in [2.05, 4.69) is 16.0 Å². The second-order valence-electron chi connectivity index (χ2n) is 7.71. The summed E-state index contributed by atoms with van der Waals surface area (Å²) in [6, 6.07) is 4.98. The highest BCUT2D eigenvalue weighted by atomic mass is 19.1. The summed E-state index contributed by atoms with van der Waals surface area (Å²) in [5.74, 6) is -0.455. The number of nitrogens with one attached hydrogen (secondary N) is 3. The van der Waals surface area contributed by atoms with Gasteiger partial charge < -0.3 is 30.5 Å². The summed E-state index contributed by atoms with van der Waals surface area (Å²) < 4.78 is 24.9. The quantitative estimate of drug-likeness (QED) is 0.535. The summed E-state index contributed by atoms with van der Waals surface area (Å²) in [5.41, 5.74) is 0.0884. The van der Waals surface area contributed by atoms with E-state index in [0.717, 1.165) is 12.8 Å². The summed E-state index contributed by atoms with van der Waals surface area (Å²) in [5, 5.41) is 17.9. The number of aliphatic hydroxyl groups excluding tert-OH is 1. The van der Waals surface area contributed by atoms with Gasteiger partial charge in [-0.3, -0.25) is 4.79 Å². The Bertz CT molecular complexity index is 714. The Hall–Kier alpha value is -2.23. The molecular weight excluding hydrogens is 393 g/mol. The first-order chi connectivity index (χ1) is 14.6. The van der Waals surface area contributed by atoms with Crippen LogP contribution < -0.4 is 16.0 Å². The Morgan fingerprint density at radius 1 is 1.13 bits per heavy atom. The van der Waals surface area contributed by atoms with Crippen molar-refractivity contribution >= 4 is 17.6 Å². The average Bonchev–Trinajstić information content (AvgIpc) is 2.76. The first-order valence-corrected chi connectivity index (χ1v) is 10.5. The van der Waals surface area contributed by atoms with Crippen molar-refractivity contribution in [2.24, 2.45) is 5.92 Å². The monoisotopic (exact) mass is 423 g/mol. The molecule has 0 saturated carbocycles. The smallest absolute Gasteiger partial charge is 0.319 e. The van der Waals surface area contributed by atoms with E-state index in [1.807, 2.05) is 0 Å². The van der Waals surface area contributed by atoms with Crippen LogP contribution in [0, 0.1) is 11.7 Å². The summed E-state index contributed by atoms with van der Waals surface area (Å²) in [7, 11) is 0. The van der Waals surface area contributed by atoms with Gasteiger partial charge in [0, 0.05) is 25.7 Å². The number of carbonyl (C=O) groups excluding carboxylic acids is 2. The third kappa shape index (κ3) is 6.38. The van der Waals surface area contributed by atoms with Crippen LogP contribution in [0.25, 0.3) is 0 Å². The average molecular weight is 423 g/mol. The minimum absolute atomic E-state index is 0.0118. The number of carbonyl (C=O) groups is 2. The lowest BCUT2D eigenvalue weighted by molar-refractivity contribution is -0.128. The number of hydrogen-bond donors (Lipinski definition) is 4. The normalized spacial score (nSPS) is 24.8. The van der Waals surface area contributed by atoms with Crippen LogP contribution in [0.15, 0.2) is 24.3 Å². The van der Waals surface area contributed by atoms with Crippen LogP contribution in [0.4, 0.5) is 14.9 Å². The lowest BCUT2D eigenvalue weighted by atomic mass is 9.96. The number of rotatable bonds is 7. The van der Waals surface area contributed by atoms with Crippen LogP contribution in [0.3, 0.4) is 0 Å². The SMILES string of the molecule is O=C(Nc1ccccc1F)N[C@@H]1CC[C@H](CCNC(=O)C2CCOCC2)O[C@H]1CO. The van der Waals surface area contributed by atoms with Crippen LogP contribution in [0.2, 0.25) is 0 Å². The fourth-order valence-corrected chi connectivity index (χ4v) is 3.86. The van der Waals surface area contributed by atoms with E-state index in [1.54, 1.807) is 12.1 Å². The van der Waals surface area contributed by atoms with Gasteiger partial charge in [-0.1, -0.05) is 12.1 Å². The van der Waals surface area contributed by atoms with E-state index in [1.165, 1.54) is 12.1 Å². The number of urea groups is 1. The second-order valence-corrected chi connectivity index (χ2v) is 7.71. The van der Waals surface area contributed by atoms with Gasteiger partial charge in [0.1, 0.15) is 11.9 Å². The fraction of sp³-hybridized carbons (Fsp3) is 0.619. The first kappa shape index (κ1) is 22.5. The van der Waals surface area contributed by atoms with Crippen LogP contribution in [-0.4, -0.2) is 61.7 Å². The van der Waals surface area contributed by atoms with E-state index >= 15 is 0 Å². The van der Waals surface area contributed by atoms with E-state index in [-0.39, 0.29) is 36.3 Å². The van der Waals surface area contributed by atoms with E-state index < -0.39 is 18.0 Å². The van der Waals surface area contributed by atoms with Gasteiger partial charge in [0.05, 0.1) is 24.4 Å². The van der Waals surface area contributed by atoms with Crippen molar-refractivity contribution in [1.82, 2.24) is 10.6 Å². The molecule has 1 aromatic carbocycles. The molecular formula is C21H30FN3O5. The molecule has 1 aromatic rings. The molecule has 9 heteroatoms. The molecule has 30 heavy (non-hydrogen) atoms. The topological polar surface area (TPSA) is 109 Å². The number of benzene rings is 1. The summed E-state index contributed by atoms with van der Waals surface area (Å²) in [6.45, 7) is 1.52. The van der Waals surface area contributed by atoms with Crippen LogP contribution in [-0.2, 0) is 14.3 Å². The Morgan fingerprint density at radius 3 is 2.63 bits per heavy atom. The van der Waals surface area contributed by atoms with Crippen molar-refractivity contribution in [2.75, 3.05) is 31.7 Å². The molecule has 0 aromatic heterocycles. The highest BCUT2D eigenvalue weighted by molar-refractivity contribution is 5.89. The third-order valence-electron chi connectivity index (χ3n) is 5.59. The van der Waals surface area contributed by atoms with Crippen molar-refractivity contribution in [3.63, 3.8) is 0 Å². The summed E-state index contributed by atoms with van der Waals surface area (Å²) in [4.78, 5) is 24.4. The van der Waals surface area contributed by atoms with Crippen molar-refractivity contribution < 1.29 is 28.6 Å². The third-order valence-corrected chi connectivity index (χ3v) is 5.59. The lowest BCUT2D eigenvalue weighted by Gasteiger charge is -2.36. The molecule has 2 saturated heterocycles. The van der Waals surface area contributed by atoms with E-state index in [9.17, 15) is 19.1 Å². The number of amides is 3.